The van der Waals surface area contributed by atoms with Gasteiger partial charge in [0, 0.05) is 31.5 Å². The average molecular weight is 384 g/mol. The van der Waals surface area contributed by atoms with Gasteiger partial charge in [-0.3, -0.25) is 23.8 Å². The number of aromatic nitrogens is 5. The topological polar surface area (TPSA) is 115 Å². The molecule has 9 heteroatoms. The van der Waals surface area contributed by atoms with Crippen LogP contribution in [0, 0.1) is 20.8 Å². The molecule has 0 saturated carbocycles. The Morgan fingerprint density at radius 3 is 2.54 bits per heavy atom. The van der Waals surface area contributed by atoms with E-state index in [1.54, 1.807) is 13.0 Å². The highest BCUT2D eigenvalue weighted by Crippen LogP contribution is 2.16. The van der Waals surface area contributed by atoms with Crippen LogP contribution in [0.15, 0.2) is 15.7 Å². The molecule has 0 fully saturated rings. The summed E-state index contributed by atoms with van der Waals surface area (Å²) in [5, 5.41) is 7.45. The van der Waals surface area contributed by atoms with Crippen molar-refractivity contribution in [1.82, 2.24) is 29.6 Å². The molecule has 2 N–H and O–H groups in total. The van der Waals surface area contributed by atoms with Crippen molar-refractivity contribution in [2.45, 2.75) is 40.2 Å². The van der Waals surface area contributed by atoms with E-state index in [4.69, 9.17) is 0 Å². The molecule has 148 valence electrons. The van der Waals surface area contributed by atoms with Crippen LogP contribution in [0.1, 0.15) is 39.9 Å². The Morgan fingerprint density at radius 2 is 1.93 bits per heavy atom. The Bertz CT molecular complexity index is 1200. The van der Waals surface area contributed by atoms with E-state index in [9.17, 15) is 14.4 Å². The number of amides is 1. The fourth-order valence-electron chi connectivity index (χ4n) is 3.41. The largest absolute Gasteiger partial charge is 0.349 e. The molecule has 3 rings (SSSR count). The van der Waals surface area contributed by atoms with Gasteiger partial charge in [0.15, 0.2) is 0 Å². The van der Waals surface area contributed by atoms with E-state index in [0.29, 0.717) is 12.1 Å². The lowest BCUT2D eigenvalue weighted by atomic mass is 10.0. The van der Waals surface area contributed by atoms with Crippen LogP contribution in [-0.4, -0.2) is 36.3 Å². The van der Waals surface area contributed by atoms with Gasteiger partial charge in [-0.15, -0.1) is 0 Å². The van der Waals surface area contributed by atoms with E-state index in [1.165, 1.54) is 11.6 Å². The SMILES string of the molecule is Cc1cc(C(=O)N[C@@H](C)Cc2c(C)nn(C)c2C)c2c(=O)[nH]c(=O)n(C)c2n1. The van der Waals surface area contributed by atoms with Gasteiger partial charge >= 0.3 is 5.69 Å². The number of H-pyrrole nitrogens is 1. The van der Waals surface area contributed by atoms with Gasteiger partial charge in [0.2, 0.25) is 0 Å². The van der Waals surface area contributed by atoms with Gasteiger partial charge in [-0.2, -0.15) is 5.10 Å². The number of nitrogens with one attached hydrogen (secondary N) is 2. The molecule has 3 aromatic heterocycles. The van der Waals surface area contributed by atoms with E-state index in [2.05, 4.69) is 20.4 Å². The van der Waals surface area contributed by atoms with Gasteiger partial charge < -0.3 is 5.32 Å². The summed E-state index contributed by atoms with van der Waals surface area (Å²) in [6.45, 7) is 7.55. The van der Waals surface area contributed by atoms with Crippen LogP contribution in [0.4, 0.5) is 0 Å². The van der Waals surface area contributed by atoms with Crippen LogP contribution in [0.3, 0.4) is 0 Å². The molecule has 0 aliphatic heterocycles. The molecule has 0 radical (unpaired) electrons. The van der Waals surface area contributed by atoms with Crippen LogP contribution >= 0.6 is 0 Å². The molecule has 1 atom stereocenters. The zero-order valence-electron chi connectivity index (χ0n) is 16.9. The van der Waals surface area contributed by atoms with Crippen LogP contribution < -0.4 is 16.6 Å². The van der Waals surface area contributed by atoms with Gasteiger partial charge in [-0.25, -0.2) is 9.78 Å². The highest BCUT2D eigenvalue weighted by Gasteiger charge is 2.20. The monoisotopic (exact) mass is 384 g/mol. The van der Waals surface area contributed by atoms with Crippen LogP contribution in [0.2, 0.25) is 0 Å². The Hall–Kier alpha value is -3.23. The molecule has 0 spiro atoms. The van der Waals surface area contributed by atoms with E-state index in [1.807, 2.05) is 32.5 Å². The fourth-order valence-corrected chi connectivity index (χ4v) is 3.41. The van der Waals surface area contributed by atoms with Gasteiger partial charge in [0.25, 0.3) is 11.5 Å². The summed E-state index contributed by atoms with van der Waals surface area (Å²) in [7, 11) is 3.39. The first-order valence-electron chi connectivity index (χ1n) is 9.00. The van der Waals surface area contributed by atoms with Crippen molar-refractivity contribution in [3.8, 4) is 0 Å². The predicted octanol–water partition coefficient (Wildman–Crippen LogP) is 0.642. The predicted molar refractivity (Wildman–Crippen MR) is 106 cm³/mol. The van der Waals surface area contributed by atoms with Crippen molar-refractivity contribution >= 4 is 16.9 Å². The molecule has 28 heavy (non-hydrogen) atoms. The summed E-state index contributed by atoms with van der Waals surface area (Å²) in [4.78, 5) is 43.6. The van der Waals surface area contributed by atoms with Crippen molar-refractivity contribution in [2.24, 2.45) is 14.1 Å². The number of hydrogen-bond donors (Lipinski definition) is 2. The second kappa shape index (κ2) is 7.06. The van der Waals surface area contributed by atoms with E-state index in [0.717, 1.165) is 17.0 Å². The zero-order chi connectivity index (χ0) is 20.7. The summed E-state index contributed by atoms with van der Waals surface area (Å²) in [6.07, 6.45) is 0.619. The summed E-state index contributed by atoms with van der Waals surface area (Å²) in [5.41, 5.74) is 2.81. The minimum Gasteiger partial charge on any atom is -0.349 e. The molecule has 0 bridgehead atoms. The molecule has 3 heterocycles. The third-order valence-corrected chi connectivity index (χ3v) is 4.99. The molecule has 9 nitrogen and oxygen atoms in total. The van der Waals surface area contributed by atoms with Crippen molar-refractivity contribution in [3.05, 3.63) is 55.1 Å². The lowest BCUT2D eigenvalue weighted by Gasteiger charge is -2.16. The minimum atomic E-state index is -0.623. The third-order valence-electron chi connectivity index (χ3n) is 4.99. The maximum Gasteiger partial charge on any atom is 0.329 e. The van der Waals surface area contributed by atoms with Crippen molar-refractivity contribution < 1.29 is 4.79 Å². The number of aryl methyl sites for hydroxylation is 4. The second-order valence-corrected chi connectivity index (χ2v) is 7.18. The van der Waals surface area contributed by atoms with Crippen LogP contribution in [0.25, 0.3) is 11.0 Å². The second-order valence-electron chi connectivity index (χ2n) is 7.18. The van der Waals surface area contributed by atoms with E-state index in [-0.39, 0.29) is 28.5 Å². The smallest absolute Gasteiger partial charge is 0.329 e. The van der Waals surface area contributed by atoms with Crippen LogP contribution in [-0.2, 0) is 20.5 Å². The summed E-state index contributed by atoms with van der Waals surface area (Å²) in [6, 6.07) is 1.38. The average Bonchev–Trinajstić information content (AvgIpc) is 2.85. The maximum atomic E-state index is 12.9. The Labute approximate surface area is 161 Å². The highest BCUT2D eigenvalue weighted by molar-refractivity contribution is 6.05. The number of carbonyl (C=O) groups is 1. The number of nitrogens with zero attached hydrogens (tertiary/aromatic N) is 4. The molecule has 0 aliphatic rings. The number of fused-ring (bicyclic) bond motifs is 1. The highest BCUT2D eigenvalue weighted by atomic mass is 16.2. The number of aromatic amines is 1. The summed E-state index contributed by atoms with van der Waals surface area (Å²) in [5.74, 6) is -0.383. The number of rotatable bonds is 4. The summed E-state index contributed by atoms with van der Waals surface area (Å²) >= 11 is 0. The first-order chi connectivity index (χ1) is 13.1. The third kappa shape index (κ3) is 3.35. The molecule has 0 aliphatic carbocycles. The van der Waals surface area contributed by atoms with Crippen molar-refractivity contribution in [3.63, 3.8) is 0 Å². The molecule has 0 aromatic carbocycles. The molecule has 1 amide bonds. The Kier molecular flexibility index (Phi) is 4.93. The van der Waals surface area contributed by atoms with Gasteiger partial charge in [-0.05, 0) is 45.7 Å². The zero-order valence-corrected chi connectivity index (χ0v) is 16.9. The Morgan fingerprint density at radius 1 is 1.25 bits per heavy atom. The van der Waals surface area contributed by atoms with Crippen molar-refractivity contribution in [2.75, 3.05) is 0 Å². The quantitative estimate of drug-likeness (QED) is 0.685. The molecular formula is C19H24N6O3. The van der Waals surface area contributed by atoms with Gasteiger partial charge in [-0.1, -0.05) is 0 Å². The van der Waals surface area contributed by atoms with Gasteiger partial charge in [0.05, 0.1) is 16.6 Å². The lowest BCUT2D eigenvalue weighted by Crippen LogP contribution is -2.36. The van der Waals surface area contributed by atoms with Crippen LogP contribution in [0.5, 0.6) is 0 Å². The molecule has 0 unspecified atom stereocenters. The fraction of sp³-hybridized carbons (Fsp3) is 0.421. The molecule has 3 aromatic rings. The lowest BCUT2D eigenvalue weighted by molar-refractivity contribution is 0.0941. The molecule has 0 saturated heterocycles. The van der Waals surface area contributed by atoms with E-state index >= 15 is 0 Å². The number of hydrogen-bond acceptors (Lipinski definition) is 5. The Balaban J connectivity index is 1.97. The molecular weight excluding hydrogens is 360 g/mol. The first kappa shape index (κ1) is 19.5. The number of pyridine rings is 1. The minimum absolute atomic E-state index is 0.103. The standard InChI is InChI=1S/C19H24N6O3/c1-9-8-14(15-16(20-9)24(5)19(28)22-18(15)27)17(26)21-10(2)7-13-11(3)23-25(6)12(13)4/h8,10H,7H2,1-6H3,(H,21,26)(H,22,27,28)/t10-/m0/s1. The first-order valence-corrected chi connectivity index (χ1v) is 9.00. The normalized spacial score (nSPS) is 12.4. The van der Waals surface area contributed by atoms with Gasteiger partial charge in [0.1, 0.15) is 5.65 Å². The maximum absolute atomic E-state index is 12.9. The number of carbonyl (C=O) groups excluding carboxylic acids is 1. The van der Waals surface area contributed by atoms with Crippen molar-refractivity contribution in [1.29, 1.82) is 0 Å². The summed E-state index contributed by atoms with van der Waals surface area (Å²) < 4.78 is 3.05. The van der Waals surface area contributed by atoms with E-state index < -0.39 is 11.2 Å².